The Balaban J connectivity index is 2.16. The van der Waals surface area contributed by atoms with E-state index < -0.39 is 11.4 Å². The Labute approximate surface area is 119 Å². The quantitative estimate of drug-likeness (QED) is 0.917. The third-order valence-electron chi connectivity index (χ3n) is 4.64. The maximum atomic E-state index is 13.0. The minimum atomic E-state index is -0.698. The van der Waals surface area contributed by atoms with Gasteiger partial charge in [0.2, 0.25) is 0 Å². The Morgan fingerprint density at radius 3 is 2.65 bits per heavy atom. The zero-order valence-electron chi connectivity index (χ0n) is 12.1. The number of carboxylic acid groups (broad SMARTS) is 1. The maximum Gasteiger partial charge on any atom is 0.310 e. The van der Waals surface area contributed by atoms with Gasteiger partial charge in [0, 0.05) is 12.6 Å². The van der Waals surface area contributed by atoms with Gasteiger partial charge in [0.25, 0.3) is 0 Å². The number of carbonyl (C=O) groups is 1. The molecule has 20 heavy (non-hydrogen) atoms. The van der Waals surface area contributed by atoms with Crippen molar-refractivity contribution in [2.24, 2.45) is 5.41 Å². The van der Waals surface area contributed by atoms with Crippen molar-refractivity contribution in [3.63, 3.8) is 0 Å². The van der Waals surface area contributed by atoms with Crippen LogP contribution in [0.3, 0.4) is 0 Å². The van der Waals surface area contributed by atoms with Gasteiger partial charge in [0.15, 0.2) is 0 Å². The topological polar surface area (TPSA) is 40.5 Å². The summed E-state index contributed by atoms with van der Waals surface area (Å²) in [6, 6.07) is 6.59. The first kappa shape index (κ1) is 15.0. The van der Waals surface area contributed by atoms with Crippen LogP contribution in [0.15, 0.2) is 24.3 Å². The number of hydrogen-bond acceptors (Lipinski definition) is 2. The Kier molecular flexibility index (Phi) is 4.43. The van der Waals surface area contributed by atoms with Gasteiger partial charge in [-0.05, 0) is 50.4 Å². The van der Waals surface area contributed by atoms with Crippen molar-refractivity contribution in [3.8, 4) is 0 Å². The lowest BCUT2D eigenvalue weighted by Crippen LogP contribution is -2.48. The molecule has 2 rings (SSSR count). The van der Waals surface area contributed by atoms with E-state index in [2.05, 4.69) is 11.8 Å². The molecular formula is C16H22FNO2. The number of halogens is 1. The number of rotatable bonds is 4. The van der Waals surface area contributed by atoms with Gasteiger partial charge in [-0.3, -0.25) is 9.69 Å². The number of carboxylic acids is 1. The molecule has 1 N–H and O–H groups in total. The predicted octanol–water partition coefficient (Wildman–Crippen LogP) is 3.46. The molecule has 1 aromatic carbocycles. The third-order valence-corrected chi connectivity index (χ3v) is 4.64. The normalized spacial score (nSPS) is 25.4. The average Bonchev–Trinajstić information content (AvgIpc) is 2.47. The summed E-state index contributed by atoms with van der Waals surface area (Å²) < 4.78 is 13.0. The molecule has 0 saturated carbocycles. The van der Waals surface area contributed by atoms with E-state index in [0.29, 0.717) is 13.0 Å². The molecule has 4 heteroatoms. The lowest BCUT2D eigenvalue weighted by atomic mass is 9.77. The molecule has 0 amide bonds. The van der Waals surface area contributed by atoms with Crippen LogP contribution in [0.25, 0.3) is 0 Å². The van der Waals surface area contributed by atoms with E-state index >= 15 is 0 Å². The van der Waals surface area contributed by atoms with Crippen LogP contribution in [-0.2, 0) is 4.79 Å². The minimum absolute atomic E-state index is 0.112. The smallest absolute Gasteiger partial charge is 0.310 e. The third kappa shape index (κ3) is 2.85. The highest BCUT2D eigenvalue weighted by molar-refractivity contribution is 5.75. The van der Waals surface area contributed by atoms with E-state index in [1.807, 2.05) is 6.92 Å². The van der Waals surface area contributed by atoms with Crippen molar-refractivity contribution in [1.82, 2.24) is 4.90 Å². The second-order valence-electron chi connectivity index (χ2n) is 5.74. The fourth-order valence-electron chi connectivity index (χ4n) is 3.06. The standard InChI is InChI=1S/C16H22FNO2/c1-3-16(15(19)20)9-4-10-18(11-16)12(2)13-5-7-14(17)8-6-13/h5-8,12H,3-4,9-11H2,1-2H3,(H,19,20). The van der Waals surface area contributed by atoms with E-state index in [1.165, 1.54) is 12.1 Å². The second kappa shape index (κ2) is 5.92. The van der Waals surface area contributed by atoms with Gasteiger partial charge in [-0.15, -0.1) is 0 Å². The molecule has 1 aromatic rings. The summed E-state index contributed by atoms with van der Waals surface area (Å²) in [7, 11) is 0. The Bertz CT molecular complexity index is 474. The zero-order chi connectivity index (χ0) is 14.8. The first-order chi connectivity index (χ1) is 9.48. The molecule has 0 spiro atoms. The van der Waals surface area contributed by atoms with Crippen molar-refractivity contribution in [1.29, 1.82) is 0 Å². The van der Waals surface area contributed by atoms with Crippen molar-refractivity contribution in [3.05, 3.63) is 35.6 Å². The number of likely N-dealkylation sites (tertiary alicyclic amines) is 1. The van der Waals surface area contributed by atoms with Crippen molar-refractivity contribution in [2.75, 3.05) is 13.1 Å². The lowest BCUT2D eigenvalue weighted by molar-refractivity contribution is -0.153. The largest absolute Gasteiger partial charge is 0.481 e. The lowest BCUT2D eigenvalue weighted by Gasteiger charge is -2.42. The highest BCUT2D eigenvalue weighted by Crippen LogP contribution is 2.37. The fraction of sp³-hybridized carbons (Fsp3) is 0.562. The van der Waals surface area contributed by atoms with Gasteiger partial charge in [0.05, 0.1) is 5.41 Å². The fourth-order valence-corrected chi connectivity index (χ4v) is 3.06. The van der Waals surface area contributed by atoms with Gasteiger partial charge in [-0.2, -0.15) is 0 Å². The van der Waals surface area contributed by atoms with Gasteiger partial charge in [-0.1, -0.05) is 19.1 Å². The Morgan fingerprint density at radius 2 is 2.10 bits per heavy atom. The zero-order valence-corrected chi connectivity index (χ0v) is 12.1. The van der Waals surface area contributed by atoms with Crippen molar-refractivity contribution < 1.29 is 14.3 Å². The van der Waals surface area contributed by atoms with Gasteiger partial charge < -0.3 is 5.11 Å². The summed E-state index contributed by atoms with van der Waals surface area (Å²) >= 11 is 0. The van der Waals surface area contributed by atoms with E-state index in [4.69, 9.17) is 0 Å². The van der Waals surface area contributed by atoms with Crippen LogP contribution in [-0.4, -0.2) is 29.1 Å². The molecule has 1 aliphatic rings. The van der Waals surface area contributed by atoms with Crippen molar-refractivity contribution >= 4 is 5.97 Å². The van der Waals surface area contributed by atoms with Crippen LogP contribution >= 0.6 is 0 Å². The summed E-state index contributed by atoms with van der Waals surface area (Å²) in [5.74, 6) is -0.941. The van der Waals surface area contributed by atoms with E-state index in [9.17, 15) is 14.3 Å². The maximum absolute atomic E-state index is 13.0. The molecular weight excluding hydrogens is 257 g/mol. The van der Waals surface area contributed by atoms with Gasteiger partial charge in [0.1, 0.15) is 5.82 Å². The van der Waals surface area contributed by atoms with E-state index in [-0.39, 0.29) is 11.9 Å². The number of piperidine rings is 1. The molecule has 1 fully saturated rings. The molecule has 110 valence electrons. The number of benzene rings is 1. The Morgan fingerprint density at radius 1 is 1.45 bits per heavy atom. The SMILES string of the molecule is CCC1(C(=O)O)CCCN(C(C)c2ccc(F)cc2)C1. The van der Waals surface area contributed by atoms with Gasteiger partial charge >= 0.3 is 5.97 Å². The first-order valence-corrected chi connectivity index (χ1v) is 7.21. The molecule has 2 unspecified atom stereocenters. The monoisotopic (exact) mass is 279 g/mol. The van der Waals surface area contributed by atoms with E-state index in [1.54, 1.807) is 12.1 Å². The molecule has 1 heterocycles. The van der Waals surface area contributed by atoms with Crippen LogP contribution < -0.4 is 0 Å². The van der Waals surface area contributed by atoms with Gasteiger partial charge in [-0.25, -0.2) is 4.39 Å². The van der Waals surface area contributed by atoms with Crippen LogP contribution in [0.1, 0.15) is 44.7 Å². The summed E-state index contributed by atoms with van der Waals surface area (Å²) in [6.07, 6.45) is 2.28. The molecule has 0 aliphatic carbocycles. The minimum Gasteiger partial charge on any atom is -0.481 e. The van der Waals surface area contributed by atoms with Crippen LogP contribution in [0.4, 0.5) is 4.39 Å². The Hall–Kier alpha value is -1.42. The molecule has 0 aromatic heterocycles. The highest BCUT2D eigenvalue weighted by atomic mass is 19.1. The van der Waals surface area contributed by atoms with Crippen molar-refractivity contribution in [2.45, 2.75) is 39.2 Å². The van der Waals surface area contributed by atoms with E-state index in [0.717, 1.165) is 24.9 Å². The molecule has 1 aliphatic heterocycles. The van der Waals surface area contributed by atoms with Crippen LogP contribution in [0, 0.1) is 11.2 Å². The highest BCUT2D eigenvalue weighted by Gasteiger charge is 2.41. The molecule has 0 radical (unpaired) electrons. The average molecular weight is 279 g/mol. The summed E-state index contributed by atoms with van der Waals surface area (Å²) in [4.78, 5) is 13.8. The number of aliphatic carboxylic acids is 1. The predicted molar refractivity (Wildman–Crippen MR) is 76.0 cm³/mol. The molecule has 0 bridgehead atoms. The van der Waals surface area contributed by atoms with Crippen LogP contribution in [0.2, 0.25) is 0 Å². The second-order valence-corrected chi connectivity index (χ2v) is 5.74. The molecule has 1 saturated heterocycles. The number of nitrogens with zero attached hydrogens (tertiary/aromatic N) is 1. The summed E-state index contributed by atoms with van der Waals surface area (Å²) in [6.45, 7) is 5.46. The molecule has 2 atom stereocenters. The number of hydrogen-bond donors (Lipinski definition) is 1. The summed E-state index contributed by atoms with van der Waals surface area (Å²) in [5.41, 5.74) is 0.399. The first-order valence-electron chi connectivity index (χ1n) is 7.21. The molecule has 3 nitrogen and oxygen atoms in total. The summed E-state index contributed by atoms with van der Waals surface area (Å²) in [5, 5.41) is 9.52. The van der Waals surface area contributed by atoms with Crippen LogP contribution in [0.5, 0.6) is 0 Å².